The van der Waals surface area contributed by atoms with Crippen molar-refractivity contribution in [3.8, 4) is 0 Å². The van der Waals surface area contributed by atoms with Crippen LogP contribution < -0.4 is 5.32 Å². The molecule has 0 aliphatic heterocycles. The van der Waals surface area contributed by atoms with E-state index < -0.39 is 28.3 Å². The maximum Gasteiger partial charge on any atom is 0.237 e. The molecule has 2 aromatic rings. The first-order chi connectivity index (χ1) is 10.4. The predicted molar refractivity (Wildman–Crippen MR) is 83.2 cm³/mol. The number of rotatable bonds is 5. The van der Waals surface area contributed by atoms with Gasteiger partial charge in [-0.2, -0.15) is 0 Å². The minimum Gasteiger partial charge on any atom is -0.323 e. The number of carbonyl (C=O) groups is 1. The molecule has 1 unspecified atom stereocenters. The van der Waals surface area contributed by atoms with Crippen molar-refractivity contribution in [1.29, 1.82) is 0 Å². The van der Waals surface area contributed by atoms with Crippen LogP contribution in [0.25, 0.3) is 0 Å². The van der Waals surface area contributed by atoms with Gasteiger partial charge < -0.3 is 5.32 Å². The lowest BCUT2D eigenvalue weighted by molar-refractivity contribution is -0.113. The van der Waals surface area contributed by atoms with E-state index in [1.807, 2.05) is 0 Å². The summed E-state index contributed by atoms with van der Waals surface area (Å²) in [6, 6.07) is 9.64. The van der Waals surface area contributed by atoms with E-state index in [1.165, 1.54) is 0 Å². The number of hydrogen-bond acceptors (Lipinski definition) is 2. The molecule has 2 rings (SSSR count). The monoisotopic (exact) mass is 343 g/mol. The van der Waals surface area contributed by atoms with E-state index in [0.717, 1.165) is 17.7 Å². The largest absolute Gasteiger partial charge is 0.323 e. The van der Waals surface area contributed by atoms with Crippen molar-refractivity contribution in [2.75, 3.05) is 11.1 Å². The van der Waals surface area contributed by atoms with Crippen LogP contribution in [0.3, 0.4) is 0 Å². The molecule has 1 N–H and O–H groups in total. The van der Waals surface area contributed by atoms with Crippen LogP contribution >= 0.6 is 11.6 Å². The summed E-state index contributed by atoms with van der Waals surface area (Å²) in [6.45, 7) is 0. The number of hydrogen-bond donors (Lipinski definition) is 1. The van der Waals surface area contributed by atoms with Gasteiger partial charge in [0.1, 0.15) is 17.4 Å². The van der Waals surface area contributed by atoms with Crippen LogP contribution in [0.2, 0.25) is 5.02 Å². The molecule has 116 valence electrons. The van der Waals surface area contributed by atoms with Crippen molar-refractivity contribution < 1.29 is 17.8 Å². The number of anilines is 1. The van der Waals surface area contributed by atoms with Crippen molar-refractivity contribution in [2.45, 2.75) is 5.75 Å². The molecule has 0 aromatic heterocycles. The molecule has 0 heterocycles. The maximum absolute atomic E-state index is 13.4. The Morgan fingerprint density at radius 3 is 2.64 bits per heavy atom. The van der Waals surface area contributed by atoms with Crippen LogP contribution in [0.1, 0.15) is 5.56 Å². The molecule has 7 heteroatoms. The Balaban J connectivity index is 1.92. The number of nitrogens with one attached hydrogen (secondary N) is 1. The molecule has 2 aromatic carbocycles. The first kappa shape index (κ1) is 16.6. The molecular weight excluding hydrogens is 332 g/mol. The van der Waals surface area contributed by atoms with Gasteiger partial charge in [0.2, 0.25) is 5.91 Å². The Kier molecular flexibility index (Phi) is 5.63. The Labute approximate surface area is 133 Å². The number of halogens is 3. The van der Waals surface area contributed by atoms with E-state index in [4.69, 9.17) is 11.6 Å². The fraction of sp³-hybridized carbons (Fsp3) is 0.133. The molecule has 0 saturated carbocycles. The van der Waals surface area contributed by atoms with Crippen LogP contribution in [0.5, 0.6) is 0 Å². The van der Waals surface area contributed by atoms with Crippen molar-refractivity contribution in [2.24, 2.45) is 0 Å². The summed E-state index contributed by atoms with van der Waals surface area (Å²) in [6.07, 6.45) is 0. The topological polar surface area (TPSA) is 46.2 Å². The van der Waals surface area contributed by atoms with Gasteiger partial charge in [-0.1, -0.05) is 23.7 Å². The quantitative estimate of drug-likeness (QED) is 0.903. The molecule has 0 bridgehead atoms. The Morgan fingerprint density at radius 1 is 1.18 bits per heavy atom. The summed E-state index contributed by atoms with van der Waals surface area (Å²) in [7, 11) is -1.46. The fourth-order valence-electron chi connectivity index (χ4n) is 1.79. The van der Waals surface area contributed by atoms with Crippen molar-refractivity contribution in [3.63, 3.8) is 0 Å². The van der Waals surface area contributed by atoms with Crippen LogP contribution in [-0.4, -0.2) is 15.9 Å². The highest BCUT2D eigenvalue weighted by atomic mass is 35.5. The lowest BCUT2D eigenvalue weighted by atomic mass is 10.2. The third kappa shape index (κ3) is 4.89. The zero-order valence-electron chi connectivity index (χ0n) is 11.3. The summed E-state index contributed by atoms with van der Waals surface area (Å²) in [5.74, 6) is -2.34. The van der Waals surface area contributed by atoms with Gasteiger partial charge >= 0.3 is 0 Å². The van der Waals surface area contributed by atoms with Gasteiger partial charge in [-0.15, -0.1) is 0 Å². The highest BCUT2D eigenvalue weighted by molar-refractivity contribution is 7.84. The van der Waals surface area contributed by atoms with Gasteiger partial charge in [-0.3, -0.25) is 9.00 Å². The molecule has 0 radical (unpaired) electrons. The van der Waals surface area contributed by atoms with Gasteiger partial charge in [-0.25, -0.2) is 8.78 Å². The molecule has 0 fully saturated rings. The normalized spacial score (nSPS) is 12.0. The lowest BCUT2D eigenvalue weighted by Crippen LogP contribution is -2.20. The number of carbonyl (C=O) groups excluding carboxylic acids is 1. The smallest absolute Gasteiger partial charge is 0.237 e. The second-order valence-electron chi connectivity index (χ2n) is 4.53. The SMILES string of the molecule is O=C(CS(=O)Cc1cccc(Cl)c1)Nc1ccc(F)cc1F. The first-order valence-corrected chi connectivity index (χ1v) is 8.15. The molecule has 3 nitrogen and oxygen atoms in total. The number of amides is 1. The summed E-state index contributed by atoms with van der Waals surface area (Å²) >= 11 is 5.82. The van der Waals surface area contributed by atoms with E-state index in [0.29, 0.717) is 11.1 Å². The van der Waals surface area contributed by atoms with Crippen LogP contribution in [0, 0.1) is 11.6 Å². The Morgan fingerprint density at radius 2 is 1.95 bits per heavy atom. The summed E-state index contributed by atoms with van der Waals surface area (Å²) < 4.78 is 38.1. The van der Waals surface area contributed by atoms with Gasteiger partial charge in [0, 0.05) is 27.6 Å². The maximum atomic E-state index is 13.4. The summed E-state index contributed by atoms with van der Waals surface area (Å²) in [5.41, 5.74) is 0.595. The molecule has 1 atom stereocenters. The van der Waals surface area contributed by atoms with Crippen LogP contribution in [0.15, 0.2) is 42.5 Å². The summed E-state index contributed by atoms with van der Waals surface area (Å²) in [5, 5.41) is 2.79. The standard InChI is InChI=1S/C15H12ClF2NO2S/c16-11-3-1-2-10(6-11)8-22(21)9-15(20)19-14-5-4-12(17)7-13(14)18/h1-7H,8-9H2,(H,19,20). The molecular formula is C15H12ClF2NO2S. The van der Waals surface area contributed by atoms with E-state index in [9.17, 15) is 17.8 Å². The highest BCUT2D eigenvalue weighted by Gasteiger charge is 2.12. The third-order valence-corrected chi connectivity index (χ3v) is 4.19. The lowest BCUT2D eigenvalue weighted by Gasteiger charge is -2.07. The highest BCUT2D eigenvalue weighted by Crippen LogP contribution is 2.15. The molecule has 1 amide bonds. The van der Waals surface area contributed by atoms with Crippen LogP contribution in [0.4, 0.5) is 14.5 Å². The van der Waals surface area contributed by atoms with Gasteiger partial charge in [0.05, 0.1) is 5.69 Å². The van der Waals surface area contributed by atoms with E-state index in [2.05, 4.69) is 5.32 Å². The van der Waals surface area contributed by atoms with Crippen LogP contribution in [-0.2, 0) is 21.3 Å². The zero-order valence-corrected chi connectivity index (χ0v) is 12.9. The minimum atomic E-state index is -1.46. The molecule has 0 aliphatic rings. The fourth-order valence-corrected chi connectivity index (χ4v) is 3.02. The van der Waals surface area contributed by atoms with Gasteiger partial charge in [0.15, 0.2) is 0 Å². The Bertz CT molecular complexity index is 724. The molecule has 0 saturated heterocycles. The zero-order chi connectivity index (χ0) is 16.1. The average molecular weight is 344 g/mol. The summed E-state index contributed by atoms with van der Waals surface area (Å²) in [4.78, 5) is 11.7. The Hall–Kier alpha value is -1.79. The van der Waals surface area contributed by atoms with E-state index in [1.54, 1.807) is 24.3 Å². The van der Waals surface area contributed by atoms with E-state index in [-0.39, 0.29) is 17.2 Å². The van der Waals surface area contributed by atoms with Crippen molar-refractivity contribution >= 4 is 34.0 Å². The number of benzene rings is 2. The van der Waals surface area contributed by atoms with Gasteiger partial charge in [-0.05, 0) is 29.8 Å². The minimum absolute atomic E-state index is 0.147. The second-order valence-corrected chi connectivity index (χ2v) is 6.42. The molecule has 22 heavy (non-hydrogen) atoms. The van der Waals surface area contributed by atoms with E-state index >= 15 is 0 Å². The first-order valence-electron chi connectivity index (χ1n) is 6.28. The van der Waals surface area contributed by atoms with Crippen molar-refractivity contribution in [1.82, 2.24) is 0 Å². The molecule has 0 aliphatic carbocycles. The predicted octanol–water partition coefficient (Wildman–Crippen LogP) is 3.51. The molecule has 0 spiro atoms. The van der Waals surface area contributed by atoms with Gasteiger partial charge in [0.25, 0.3) is 0 Å². The third-order valence-electron chi connectivity index (χ3n) is 2.71. The van der Waals surface area contributed by atoms with Crippen molar-refractivity contribution in [3.05, 3.63) is 64.7 Å². The second kappa shape index (κ2) is 7.47. The average Bonchev–Trinajstić information content (AvgIpc) is 2.41.